The van der Waals surface area contributed by atoms with Gasteiger partial charge < -0.3 is 20.4 Å². The van der Waals surface area contributed by atoms with E-state index in [0.717, 1.165) is 70.4 Å². The number of anilines is 2. The number of benzene rings is 1. The summed E-state index contributed by atoms with van der Waals surface area (Å²) in [7, 11) is 0. The van der Waals surface area contributed by atoms with E-state index < -0.39 is 0 Å². The third kappa shape index (κ3) is 6.15. The molecule has 2 heterocycles. The Morgan fingerprint density at radius 3 is 2.50 bits per heavy atom. The maximum atomic E-state index is 4.85. The molecule has 3 rings (SSSR count). The number of hydrogen-bond acceptors (Lipinski definition) is 4. The molecule has 1 saturated heterocycles. The van der Waals surface area contributed by atoms with Crippen LogP contribution in [0.25, 0.3) is 0 Å². The quantitative estimate of drug-likeness (QED) is 0.419. The van der Waals surface area contributed by atoms with Gasteiger partial charge in [0.2, 0.25) is 0 Å². The second-order valence-electron chi connectivity index (χ2n) is 6.89. The number of guanidine groups is 1. The van der Waals surface area contributed by atoms with E-state index in [0.29, 0.717) is 0 Å². The van der Waals surface area contributed by atoms with Crippen LogP contribution < -0.4 is 15.5 Å². The lowest BCUT2D eigenvalue weighted by Crippen LogP contribution is -2.52. The Morgan fingerprint density at radius 1 is 1.00 bits per heavy atom. The van der Waals surface area contributed by atoms with Crippen LogP contribution in [0.2, 0.25) is 0 Å². The van der Waals surface area contributed by atoms with E-state index in [2.05, 4.69) is 62.7 Å². The van der Waals surface area contributed by atoms with Gasteiger partial charge in [-0.1, -0.05) is 24.3 Å². The molecule has 1 aliphatic rings. The van der Waals surface area contributed by atoms with E-state index in [1.54, 1.807) is 0 Å². The van der Waals surface area contributed by atoms with Crippen molar-refractivity contribution >= 4 is 17.5 Å². The second kappa shape index (κ2) is 11.2. The zero-order valence-corrected chi connectivity index (χ0v) is 16.8. The van der Waals surface area contributed by atoms with E-state index in [9.17, 15) is 0 Å². The first-order valence-corrected chi connectivity index (χ1v) is 10.3. The number of pyridine rings is 1. The lowest BCUT2D eigenvalue weighted by atomic mass is 10.2. The molecule has 1 aliphatic heterocycles. The van der Waals surface area contributed by atoms with Gasteiger partial charge in [0.25, 0.3) is 0 Å². The van der Waals surface area contributed by atoms with Crippen LogP contribution in [0, 0.1) is 0 Å². The first-order chi connectivity index (χ1) is 13.9. The fraction of sp³-hybridized carbons (Fsp3) is 0.455. The topological polar surface area (TPSA) is 55.8 Å². The van der Waals surface area contributed by atoms with E-state index >= 15 is 0 Å². The molecule has 0 amide bonds. The third-order valence-electron chi connectivity index (χ3n) is 4.85. The van der Waals surface area contributed by atoms with Crippen molar-refractivity contribution in [2.24, 2.45) is 4.99 Å². The summed E-state index contributed by atoms with van der Waals surface area (Å²) >= 11 is 0. The number of piperazine rings is 1. The van der Waals surface area contributed by atoms with Gasteiger partial charge in [-0.05, 0) is 44.0 Å². The lowest BCUT2D eigenvalue weighted by molar-refractivity contribution is 0.372. The molecule has 1 aromatic carbocycles. The molecule has 6 nitrogen and oxygen atoms in total. The zero-order valence-electron chi connectivity index (χ0n) is 16.8. The number of nitrogens with zero attached hydrogens (tertiary/aromatic N) is 4. The van der Waals surface area contributed by atoms with Gasteiger partial charge in [-0.15, -0.1) is 0 Å². The summed E-state index contributed by atoms with van der Waals surface area (Å²) in [6, 6.07) is 16.6. The van der Waals surface area contributed by atoms with E-state index in [1.807, 2.05) is 24.4 Å². The minimum atomic E-state index is 0.852. The standard InChI is InChI=1S/C22H32N6/c1-2-23-22(26-15-9-8-14-25-21-12-6-7-13-24-21)28-18-16-27(17-19-28)20-10-4-3-5-11-20/h3-7,10-13H,2,8-9,14-19H2,1H3,(H,23,26)(H,24,25). The molecule has 6 heteroatoms. The summed E-state index contributed by atoms with van der Waals surface area (Å²) < 4.78 is 0. The molecule has 1 fully saturated rings. The largest absolute Gasteiger partial charge is 0.370 e. The second-order valence-corrected chi connectivity index (χ2v) is 6.89. The highest BCUT2D eigenvalue weighted by atomic mass is 15.3. The lowest BCUT2D eigenvalue weighted by Gasteiger charge is -2.37. The number of hydrogen-bond donors (Lipinski definition) is 2. The summed E-state index contributed by atoms with van der Waals surface area (Å²) in [5.41, 5.74) is 1.31. The fourth-order valence-corrected chi connectivity index (χ4v) is 3.35. The van der Waals surface area contributed by atoms with Gasteiger partial charge in [0.15, 0.2) is 5.96 Å². The van der Waals surface area contributed by atoms with Crippen LogP contribution in [0.1, 0.15) is 19.8 Å². The maximum absolute atomic E-state index is 4.85. The van der Waals surface area contributed by atoms with E-state index in [1.165, 1.54) is 5.69 Å². The van der Waals surface area contributed by atoms with Crippen LogP contribution in [-0.2, 0) is 0 Å². The van der Waals surface area contributed by atoms with Crippen molar-refractivity contribution in [3.05, 3.63) is 54.7 Å². The van der Waals surface area contributed by atoms with Crippen LogP contribution in [-0.4, -0.2) is 61.7 Å². The van der Waals surface area contributed by atoms with Crippen molar-refractivity contribution in [2.45, 2.75) is 19.8 Å². The van der Waals surface area contributed by atoms with Crippen molar-refractivity contribution in [1.82, 2.24) is 15.2 Å². The van der Waals surface area contributed by atoms with Crippen LogP contribution >= 0.6 is 0 Å². The normalized spacial score (nSPS) is 14.8. The first kappa shape index (κ1) is 20.0. The van der Waals surface area contributed by atoms with Gasteiger partial charge >= 0.3 is 0 Å². The van der Waals surface area contributed by atoms with Crippen molar-refractivity contribution in [3.63, 3.8) is 0 Å². The van der Waals surface area contributed by atoms with Crippen LogP contribution in [0.3, 0.4) is 0 Å². The molecule has 0 aliphatic carbocycles. The number of para-hydroxylation sites is 1. The molecule has 2 aromatic rings. The van der Waals surface area contributed by atoms with Crippen molar-refractivity contribution in [3.8, 4) is 0 Å². The zero-order chi connectivity index (χ0) is 19.4. The highest BCUT2D eigenvalue weighted by Gasteiger charge is 2.19. The van der Waals surface area contributed by atoms with Gasteiger partial charge in [0.1, 0.15) is 5.82 Å². The molecule has 0 unspecified atom stereocenters. The number of rotatable bonds is 8. The Bertz CT molecular complexity index is 695. The summed E-state index contributed by atoms with van der Waals surface area (Å²) in [6.07, 6.45) is 3.97. The number of aliphatic imine (C=N–C) groups is 1. The first-order valence-electron chi connectivity index (χ1n) is 10.3. The van der Waals surface area contributed by atoms with Crippen molar-refractivity contribution in [2.75, 3.05) is 56.0 Å². The van der Waals surface area contributed by atoms with Crippen LogP contribution in [0.4, 0.5) is 11.5 Å². The molecule has 28 heavy (non-hydrogen) atoms. The van der Waals surface area contributed by atoms with E-state index in [4.69, 9.17) is 4.99 Å². The van der Waals surface area contributed by atoms with Gasteiger partial charge in [0.05, 0.1) is 0 Å². The number of unbranched alkanes of at least 4 members (excludes halogenated alkanes) is 1. The van der Waals surface area contributed by atoms with Gasteiger partial charge in [-0.25, -0.2) is 4.98 Å². The van der Waals surface area contributed by atoms with E-state index in [-0.39, 0.29) is 0 Å². The summed E-state index contributed by atoms with van der Waals surface area (Å²) in [6.45, 7) is 8.88. The average Bonchev–Trinajstić information content (AvgIpc) is 2.77. The van der Waals surface area contributed by atoms with Gasteiger partial charge in [-0.2, -0.15) is 0 Å². The van der Waals surface area contributed by atoms with Crippen LogP contribution in [0.5, 0.6) is 0 Å². The molecule has 0 saturated carbocycles. The molecule has 2 N–H and O–H groups in total. The summed E-state index contributed by atoms with van der Waals surface area (Å²) in [5, 5.41) is 6.81. The maximum Gasteiger partial charge on any atom is 0.194 e. The Labute approximate surface area is 168 Å². The van der Waals surface area contributed by atoms with Crippen LogP contribution in [0.15, 0.2) is 59.7 Å². The number of aromatic nitrogens is 1. The minimum Gasteiger partial charge on any atom is -0.370 e. The van der Waals surface area contributed by atoms with Crippen molar-refractivity contribution in [1.29, 1.82) is 0 Å². The third-order valence-corrected chi connectivity index (χ3v) is 4.85. The molecule has 1 aromatic heterocycles. The molecule has 0 bridgehead atoms. The smallest absolute Gasteiger partial charge is 0.194 e. The minimum absolute atomic E-state index is 0.852. The van der Waals surface area contributed by atoms with Gasteiger partial charge in [0, 0.05) is 57.7 Å². The molecule has 0 radical (unpaired) electrons. The van der Waals surface area contributed by atoms with Crippen molar-refractivity contribution < 1.29 is 0 Å². The highest BCUT2D eigenvalue weighted by Crippen LogP contribution is 2.15. The Hall–Kier alpha value is -2.76. The number of nitrogens with one attached hydrogen (secondary N) is 2. The highest BCUT2D eigenvalue weighted by molar-refractivity contribution is 5.80. The predicted molar refractivity (Wildman–Crippen MR) is 118 cm³/mol. The summed E-state index contributed by atoms with van der Waals surface area (Å²) in [5.74, 6) is 1.99. The molecule has 0 spiro atoms. The monoisotopic (exact) mass is 380 g/mol. The molecule has 150 valence electrons. The molecular formula is C22H32N6. The molecule has 0 atom stereocenters. The predicted octanol–water partition coefficient (Wildman–Crippen LogP) is 3.06. The average molecular weight is 381 g/mol. The van der Waals surface area contributed by atoms with Gasteiger partial charge in [-0.3, -0.25) is 4.99 Å². The fourth-order valence-electron chi connectivity index (χ4n) is 3.35. The summed E-state index contributed by atoms with van der Waals surface area (Å²) in [4.78, 5) is 14.0. The Kier molecular flexibility index (Phi) is 7.97. The Balaban J connectivity index is 1.40. The molecular weight excluding hydrogens is 348 g/mol. The Morgan fingerprint density at radius 2 is 1.79 bits per heavy atom. The SMILES string of the molecule is CCNC(=NCCCCNc1ccccn1)N1CCN(c2ccccc2)CC1.